The minimum atomic E-state index is -0.704. The minimum absolute atomic E-state index is 0.453. The Labute approximate surface area is 102 Å². The van der Waals surface area contributed by atoms with Gasteiger partial charge in [-0.2, -0.15) is 0 Å². The SMILES string of the molecule is NNC(=O)C(=O)N1CCC2(CCCCC2)CC1. The fraction of sp³-hybridized carbons (Fsp3) is 0.833. The van der Waals surface area contributed by atoms with Gasteiger partial charge in [-0.05, 0) is 31.1 Å². The van der Waals surface area contributed by atoms with Gasteiger partial charge in [0.05, 0.1) is 0 Å². The average Bonchev–Trinajstić information content (AvgIpc) is 2.39. The monoisotopic (exact) mass is 239 g/mol. The van der Waals surface area contributed by atoms with Crippen LogP contribution in [-0.4, -0.2) is 29.8 Å². The first-order valence-corrected chi connectivity index (χ1v) is 6.47. The van der Waals surface area contributed by atoms with Crippen molar-refractivity contribution >= 4 is 11.8 Å². The van der Waals surface area contributed by atoms with Gasteiger partial charge in [-0.25, -0.2) is 5.84 Å². The Morgan fingerprint density at radius 3 is 2.12 bits per heavy atom. The predicted octanol–water partition coefficient (Wildman–Crippen LogP) is 0.549. The maximum absolute atomic E-state index is 11.6. The van der Waals surface area contributed by atoms with Crippen molar-refractivity contribution in [3.63, 3.8) is 0 Å². The molecule has 1 saturated heterocycles. The Morgan fingerprint density at radius 2 is 1.59 bits per heavy atom. The number of nitrogens with one attached hydrogen (secondary N) is 1. The second-order valence-electron chi connectivity index (χ2n) is 5.33. The molecule has 5 nitrogen and oxygen atoms in total. The first kappa shape index (κ1) is 12.4. The molecule has 3 N–H and O–H groups in total. The van der Waals surface area contributed by atoms with Crippen molar-refractivity contribution in [2.75, 3.05) is 13.1 Å². The lowest BCUT2D eigenvalue weighted by Gasteiger charge is -2.44. The van der Waals surface area contributed by atoms with Crippen LogP contribution < -0.4 is 11.3 Å². The molecule has 17 heavy (non-hydrogen) atoms. The highest BCUT2D eigenvalue weighted by Gasteiger charge is 2.37. The number of hydrogen-bond donors (Lipinski definition) is 2. The molecule has 96 valence electrons. The van der Waals surface area contributed by atoms with Gasteiger partial charge < -0.3 is 4.90 Å². The Balaban J connectivity index is 1.89. The second-order valence-corrected chi connectivity index (χ2v) is 5.33. The van der Waals surface area contributed by atoms with Crippen LogP contribution in [0.2, 0.25) is 0 Å². The van der Waals surface area contributed by atoms with Gasteiger partial charge in [-0.3, -0.25) is 15.0 Å². The third kappa shape index (κ3) is 2.60. The van der Waals surface area contributed by atoms with E-state index >= 15 is 0 Å². The average molecular weight is 239 g/mol. The fourth-order valence-electron chi connectivity index (χ4n) is 3.19. The van der Waals surface area contributed by atoms with Crippen LogP contribution in [0, 0.1) is 5.41 Å². The Bertz CT molecular complexity index is 301. The number of nitrogens with two attached hydrogens (primary N) is 1. The predicted molar refractivity (Wildman–Crippen MR) is 63.7 cm³/mol. The minimum Gasteiger partial charge on any atom is -0.334 e. The molecule has 1 heterocycles. The molecule has 2 aliphatic rings. The summed E-state index contributed by atoms with van der Waals surface area (Å²) in [5.41, 5.74) is 2.36. The van der Waals surface area contributed by atoms with Gasteiger partial charge in [0.2, 0.25) is 0 Å². The highest BCUT2D eigenvalue weighted by Crippen LogP contribution is 2.44. The van der Waals surface area contributed by atoms with E-state index in [1.807, 2.05) is 5.43 Å². The Morgan fingerprint density at radius 1 is 1.00 bits per heavy atom. The molecular weight excluding hydrogens is 218 g/mol. The zero-order valence-electron chi connectivity index (χ0n) is 10.2. The van der Waals surface area contributed by atoms with Crippen molar-refractivity contribution in [3.8, 4) is 0 Å². The zero-order valence-corrected chi connectivity index (χ0v) is 10.2. The van der Waals surface area contributed by atoms with Crippen LogP contribution in [0.5, 0.6) is 0 Å². The topological polar surface area (TPSA) is 75.4 Å². The first-order valence-electron chi connectivity index (χ1n) is 6.47. The molecule has 0 aromatic rings. The summed E-state index contributed by atoms with van der Waals surface area (Å²) in [6.45, 7) is 1.40. The summed E-state index contributed by atoms with van der Waals surface area (Å²) in [5.74, 6) is 3.78. The number of hydrogen-bond acceptors (Lipinski definition) is 3. The molecule has 0 bridgehead atoms. The van der Waals surface area contributed by atoms with Crippen LogP contribution in [0.1, 0.15) is 44.9 Å². The summed E-state index contributed by atoms with van der Waals surface area (Å²) in [6, 6.07) is 0. The van der Waals surface area contributed by atoms with E-state index < -0.39 is 11.8 Å². The maximum atomic E-state index is 11.6. The third-order valence-electron chi connectivity index (χ3n) is 4.35. The first-order chi connectivity index (χ1) is 8.17. The van der Waals surface area contributed by atoms with Crippen molar-refractivity contribution in [2.45, 2.75) is 44.9 Å². The highest BCUT2D eigenvalue weighted by atomic mass is 16.2. The molecule has 1 aliphatic heterocycles. The Kier molecular flexibility index (Phi) is 3.66. The lowest BCUT2D eigenvalue weighted by Crippen LogP contribution is -2.50. The van der Waals surface area contributed by atoms with Gasteiger partial charge in [-0.1, -0.05) is 19.3 Å². The lowest BCUT2D eigenvalue weighted by atomic mass is 9.68. The molecule has 2 amide bonds. The van der Waals surface area contributed by atoms with Crippen molar-refractivity contribution < 1.29 is 9.59 Å². The molecule has 2 rings (SSSR count). The van der Waals surface area contributed by atoms with Crippen LogP contribution in [-0.2, 0) is 9.59 Å². The number of hydrazine groups is 1. The summed E-state index contributed by atoms with van der Waals surface area (Å²) < 4.78 is 0. The van der Waals surface area contributed by atoms with Crippen LogP contribution in [0.15, 0.2) is 0 Å². The summed E-state index contributed by atoms with van der Waals surface area (Å²) in [5, 5.41) is 0. The largest absolute Gasteiger partial charge is 0.334 e. The number of rotatable bonds is 0. The van der Waals surface area contributed by atoms with E-state index in [4.69, 9.17) is 5.84 Å². The van der Waals surface area contributed by atoms with Crippen LogP contribution in [0.4, 0.5) is 0 Å². The zero-order chi connectivity index (χ0) is 12.3. The van der Waals surface area contributed by atoms with Crippen molar-refractivity contribution in [1.29, 1.82) is 0 Å². The van der Waals surface area contributed by atoms with Crippen molar-refractivity contribution in [3.05, 3.63) is 0 Å². The summed E-state index contributed by atoms with van der Waals surface area (Å²) in [6.07, 6.45) is 8.64. The van der Waals surface area contributed by atoms with E-state index in [0.29, 0.717) is 18.5 Å². The van der Waals surface area contributed by atoms with Gasteiger partial charge in [0.15, 0.2) is 0 Å². The van der Waals surface area contributed by atoms with Gasteiger partial charge in [-0.15, -0.1) is 0 Å². The normalized spacial score (nSPS) is 23.5. The van der Waals surface area contributed by atoms with E-state index in [-0.39, 0.29) is 0 Å². The van der Waals surface area contributed by atoms with E-state index in [0.717, 1.165) is 12.8 Å². The van der Waals surface area contributed by atoms with E-state index in [1.165, 1.54) is 32.1 Å². The van der Waals surface area contributed by atoms with Crippen molar-refractivity contribution in [1.82, 2.24) is 10.3 Å². The molecule has 0 atom stereocenters. The van der Waals surface area contributed by atoms with E-state index in [2.05, 4.69) is 0 Å². The van der Waals surface area contributed by atoms with Gasteiger partial charge in [0.1, 0.15) is 0 Å². The molecule has 5 heteroatoms. The van der Waals surface area contributed by atoms with Crippen LogP contribution in [0.3, 0.4) is 0 Å². The lowest BCUT2D eigenvalue weighted by molar-refractivity contribution is -0.147. The smallest absolute Gasteiger partial charge is 0.323 e. The number of amides is 2. The fourth-order valence-corrected chi connectivity index (χ4v) is 3.19. The third-order valence-corrected chi connectivity index (χ3v) is 4.35. The quantitative estimate of drug-likeness (QED) is 0.280. The van der Waals surface area contributed by atoms with Gasteiger partial charge in [0.25, 0.3) is 0 Å². The summed E-state index contributed by atoms with van der Waals surface area (Å²) >= 11 is 0. The molecule has 0 aromatic carbocycles. The molecule has 2 fully saturated rings. The maximum Gasteiger partial charge on any atom is 0.323 e. The number of likely N-dealkylation sites (tertiary alicyclic amines) is 1. The molecule has 0 radical (unpaired) electrons. The molecule has 1 spiro atoms. The van der Waals surface area contributed by atoms with Crippen LogP contribution >= 0.6 is 0 Å². The number of piperidine rings is 1. The van der Waals surface area contributed by atoms with E-state index in [9.17, 15) is 9.59 Å². The molecular formula is C12H21N3O2. The van der Waals surface area contributed by atoms with Crippen LogP contribution in [0.25, 0.3) is 0 Å². The number of carbonyl (C=O) groups is 2. The summed E-state index contributed by atoms with van der Waals surface area (Å²) in [4.78, 5) is 24.4. The summed E-state index contributed by atoms with van der Waals surface area (Å²) in [7, 11) is 0. The standard InChI is InChI=1S/C12H21N3O2/c13-14-10(16)11(17)15-8-6-12(7-9-15)4-2-1-3-5-12/h1-9,13H2,(H,14,16). The number of nitrogens with zero attached hydrogens (tertiary/aromatic N) is 1. The molecule has 0 aromatic heterocycles. The number of carbonyl (C=O) groups excluding carboxylic acids is 2. The molecule has 1 saturated carbocycles. The van der Waals surface area contributed by atoms with Gasteiger partial charge in [0, 0.05) is 13.1 Å². The highest BCUT2D eigenvalue weighted by molar-refractivity contribution is 6.34. The molecule has 1 aliphatic carbocycles. The van der Waals surface area contributed by atoms with Crippen molar-refractivity contribution in [2.24, 2.45) is 11.3 Å². The van der Waals surface area contributed by atoms with E-state index in [1.54, 1.807) is 4.90 Å². The van der Waals surface area contributed by atoms with Gasteiger partial charge >= 0.3 is 11.8 Å². The molecule has 0 unspecified atom stereocenters. The Hall–Kier alpha value is -1.10. The second kappa shape index (κ2) is 5.04.